The molecule has 0 aliphatic heterocycles. The highest BCUT2D eigenvalue weighted by Gasteiger charge is 2.24. The van der Waals surface area contributed by atoms with Gasteiger partial charge in [-0.2, -0.15) is 0 Å². The average Bonchev–Trinajstić information content (AvgIpc) is 3.22. The van der Waals surface area contributed by atoms with E-state index in [1.807, 2.05) is 19.1 Å². The summed E-state index contributed by atoms with van der Waals surface area (Å²) in [6, 6.07) is 9.75. The number of aryl methyl sites for hydroxylation is 4. The predicted octanol–water partition coefficient (Wildman–Crippen LogP) is 3.05. The molecule has 2 heterocycles. The minimum absolute atomic E-state index is 0.0863. The molecule has 35 heavy (non-hydrogen) atoms. The van der Waals surface area contributed by atoms with Gasteiger partial charge in [-0.1, -0.05) is 30.3 Å². The summed E-state index contributed by atoms with van der Waals surface area (Å²) in [7, 11) is 0. The number of aliphatic carboxylic acids is 1. The highest BCUT2D eigenvalue weighted by Crippen LogP contribution is 2.37. The first kappa shape index (κ1) is 22.9. The second-order valence-corrected chi connectivity index (χ2v) is 9.26. The maximum atomic E-state index is 12.9. The SMILES string of the molecule is Cc1c(CC(=O)N[C@@H](Cc2ccccc2)C(=O)[O-])c(=O)oc2c(C)c3oc4c(c3cc12)CCCC4. The first-order chi connectivity index (χ1) is 16.8. The molecule has 0 saturated heterocycles. The Morgan fingerprint density at radius 1 is 1.00 bits per heavy atom. The Balaban J connectivity index is 1.48. The number of hydrogen-bond donors (Lipinski definition) is 1. The summed E-state index contributed by atoms with van der Waals surface area (Å²) in [5.41, 5.74) is 4.17. The molecule has 1 aliphatic rings. The molecule has 7 nitrogen and oxygen atoms in total. The lowest BCUT2D eigenvalue weighted by atomic mass is 9.93. The third-order valence-electron chi connectivity index (χ3n) is 6.96. The van der Waals surface area contributed by atoms with Crippen LogP contribution in [0.15, 0.2) is 50.0 Å². The largest absolute Gasteiger partial charge is 0.548 e. The first-order valence-corrected chi connectivity index (χ1v) is 11.9. The number of hydrogen-bond acceptors (Lipinski definition) is 6. The van der Waals surface area contributed by atoms with E-state index < -0.39 is 23.5 Å². The van der Waals surface area contributed by atoms with Gasteiger partial charge in [0.15, 0.2) is 0 Å². The van der Waals surface area contributed by atoms with Crippen molar-refractivity contribution < 1.29 is 23.5 Å². The number of carbonyl (C=O) groups excluding carboxylic acids is 2. The standard InChI is InChI=1S/C28H27NO6/c1-15-19-13-21-18-10-6-7-11-23(18)34-26(21)16(2)25(19)35-28(33)20(15)14-24(30)29-22(27(31)32)12-17-8-4-3-5-9-17/h3-5,8-9,13,22H,6-7,10-12,14H2,1-2H3,(H,29,30)(H,31,32)/p-1/t22-/m0/s1. The zero-order valence-corrected chi connectivity index (χ0v) is 19.7. The smallest absolute Gasteiger partial charge is 0.340 e. The van der Waals surface area contributed by atoms with E-state index in [-0.39, 0.29) is 18.4 Å². The summed E-state index contributed by atoms with van der Waals surface area (Å²) in [4.78, 5) is 37.3. The Bertz CT molecular complexity index is 1510. The Kier molecular flexibility index (Phi) is 5.93. The van der Waals surface area contributed by atoms with Gasteiger partial charge in [-0.3, -0.25) is 4.79 Å². The lowest BCUT2D eigenvalue weighted by Crippen LogP contribution is -2.49. The number of carboxylic acids is 1. The van der Waals surface area contributed by atoms with Gasteiger partial charge in [-0.25, -0.2) is 4.79 Å². The first-order valence-electron chi connectivity index (χ1n) is 11.9. The van der Waals surface area contributed by atoms with E-state index >= 15 is 0 Å². The van der Waals surface area contributed by atoms with E-state index in [1.54, 1.807) is 31.2 Å². The molecule has 7 heteroatoms. The molecular weight excluding hydrogens is 446 g/mol. The highest BCUT2D eigenvalue weighted by molar-refractivity contribution is 6.00. The van der Waals surface area contributed by atoms with Gasteiger partial charge < -0.3 is 24.1 Å². The molecule has 0 spiro atoms. The van der Waals surface area contributed by atoms with Crippen molar-refractivity contribution in [2.45, 2.75) is 58.4 Å². The highest BCUT2D eigenvalue weighted by atomic mass is 16.4. The molecule has 1 amide bonds. The third kappa shape index (κ3) is 4.22. The summed E-state index contributed by atoms with van der Waals surface area (Å²) in [5, 5.41) is 15.9. The van der Waals surface area contributed by atoms with Crippen molar-refractivity contribution in [2.24, 2.45) is 0 Å². The van der Waals surface area contributed by atoms with Crippen LogP contribution in [0.2, 0.25) is 0 Å². The van der Waals surface area contributed by atoms with Crippen LogP contribution in [0, 0.1) is 13.8 Å². The van der Waals surface area contributed by atoms with E-state index in [0.717, 1.165) is 58.9 Å². The van der Waals surface area contributed by atoms with Crippen molar-refractivity contribution in [1.29, 1.82) is 0 Å². The average molecular weight is 473 g/mol. The number of nitrogens with one attached hydrogen (secondary N) is 1. The van der Waals surface area contributed by atoms with Gasteiger partial charge in [0, 0.05) is 28.3 Å². The Morgan fingerprint density at radius 2 is 1.71 bits per heavy atom. The number of rotatable bonds is 6. The summed E-state index contributed by atoms with van der Waals surface area (Å²) < 4.78 is 11.8. The van der Waals surface area contributed by atoms with Crippen molar-refractivity contribution in [1.82, 2.24) is 5.32 Å². The van der Waals surface area contributed by atoms with Crippen molar-refractivity contribution in [3.8, 4) is 0 Å². The van der Waals surface area contributed by atoms with Crippen molar-refractivity contribution in [2.75, 3.05) is 0 Å². The van der Waals surface area contributed by atoms with Crippen LogP contribution in [0.5, 0.6) is 0 Å². The van der Waals surface area contributed by atoms with Crippen LogP contribution in [0.25, 0.3) is 21.9 Å². The van der Waals surface area contributed by atoms with Gasteiger partial charge >= 0.3 is 5.63 Å². The molecule has 4 aromatic rings. The predicted molar refractivity (Wildman–Crippen MR) is 129 cm³/mol. The Morgan fingerprint density at radius 3 is 2.46 bits per heavy atom. The molecule has 180 valence electrons. The van der Waals surface area contributed by atoms with Crippen LogP contribution >= 0.6 is 0 Å². The van der Waals surface area contributed by atoms with E-state index in [1.165, 1.54) is 5.56 Å². The number of benzene rings is 2. The Labute approximate surface area is 201 Å². The summed E-state index contributed by atoms with van der Waals surface area (Å²) >= 11 is 0. The number of carboxylic acid groups (broad SMARTS) is 1. The lowest BCUT2D eigenvalue weighted by Gasteiger charge is -2.20. The van der Waals surface area contributed by atoms with Crippen molar-refractivity contribution in [3.63, 3.8) is 0 Å². The maximum Gasteiger partial charge on any atom is 0.340 e. The molecule has 0 radical (unpaired) electrons. The van der Waals surface area contributed by atoms with E-state index in [4.69, 9.17) is 8.83 Å². The van der Waals surface area contributed by atoms with Gasteiger partial charge in [-0.15, -0.1) is 0 Å². The number of amides is 1. The second-order valence-electron chi connectivity index (χ2n) is 9.26. The lowest BCUT2D eigenvalue weighted by molar-refractivity contribution is -0.308. The fraction of sp³-hybridized carbons (Fsp3) is 0.321. The van der Waals surface area contributed by atoms with Crippen LogP contribution in [0.3, 0.4) is 0 Å². The maximum absolute atomic E-state index is 12.9. The zero-order chi connectivity index (χ0) is 24.7. The van der Waals surface area contributed by atoms with Gasteiger partial charge in [0.25, 0.3) is 0 Å². The van der Waals surface area contributed by atoms with Crippen LogP contribution in [-0.2, 0) is 35.3 Å². The minimum Gasteiger partial charge on any atom is -0.548 e. The number of furan rings is 1. The van der Waals surface area contributed by atoms with Crippen molar-refractivity contribution in [3.05, 3.63) is 80.4 Å². The topological polar surface area (TPSA) is 113 Å². The monoisotopic (exact) mass is 472 g/mol. The van der Waals surface area contributed by atoms with E-state index in [0.29, 0.717) is 11.1 Å². The second kappa shape index (κ2) is 9.06. The normalized spacial score (nSPS) is 14.1. The fourth-order valence-electron chi connectivity index (χ4n) is 5.07. The molecular formula is C28H26NO6-. The molecule has 1 N–H and O–H groups in total. The molecule has 0 unspecified atom stereocenters. The summed E-state index contributed by atoms with van der Waals surface area (Å²) in [6.07, 6.45) is 3.85. The molecule has 1 aliphatic carbocycles. The van der Waals surface area contributed by atoms with Gasteiger partial charge in [0.2, 0.25) is 5.91 Å². The molecule has 0 fully saturated rings. The fourth-order valence-corrected chi connectivity index (χ4v) is 5.07. The van der Waals surface area contributed by atoms with E-state index in [2.05, 4.69) is 5.32 Å². The molecule has 2 aromatic carbocycles. The number of carbonyl (C=O) groups is 2. The third-order valence-corrected chi connectivity index (χ3v) is 6.96. The van der Waals surface area contributed by atoms with Crippen LogP contribution in [-0.4, -0.2) is 17.9 Å². The zero-order valence-electron chi connectivity index (χ0n) is 19.7. The van der Waals surface area contributed by atoms with Crippen LogP contribution < -0.4 is 16.0 Å². The summed E-state index contributed by atoms with van der Waals surface area (Å²) in [6.45, 7) is 3.67. The minimum atomic E-state index is -1.38. The molecule has 2 aromatic heterocycles. The molecule has 0 bridgehead atoms. The van der Waals surface area contributed by atoms with Gasteiger partial charge in [0.05, 0.1) is 24.0 Å². The van der Waals surface area contributed by atoms with Crippen molar-refractivity contribution >= 4 is 33.8 Å². The summed E-state index contributed by atoms with van der Waals surface area (Å²) in [5.74, 6) is -0.966. The van der Waals surface area contributed by atoms with Gasteiger partial charge in [0.1, 0.15) is 16.9 Å². The Hall–Kier alpha value is -3.87. The van der Waals surface area contributed by atoms with Crippen LogP contribution in [0.4, 0.5) is 0 Å². The molecule has 0 saturated carbocycles. The quantitative estimate of drug-likeness (QED) is 0.432. The van der Waals surface area contributed by atoms with Gasteiger partial charge in [-0.05, 0) is 56.7 Å². The molecule has 5 rings (SSSR count). The van der Waals surface area contributed by atoms with Crippen LogP contribution in [0.1, 0.15) is 46.4 Å². The molecule has 1 atom stereocenters. The number of fused-ring (bicyclic) bond motifs is 4. The van der Waals surface area contributed by atoms with E-state index in [9.17, 15) is 19.5 Å².